The molecular weight excluding hydrogens is 410 g/mol. The molecule has 0 heterocycles. The van der Waals surface area contributed by atoms with Crippen LogP contribution >= 0.6 is 12.4 Å². The molecule has 0 fully saturated rings. The molecule has 0 aromatic heterocycles. The van der Waals surface area contributed by atoms with Gasteiger partial charge in [-0.25, -0.2) is 0 Å². The van der Waals surface area contributed by atoms with Crippen LogP contribution in [0.2, 0.25) is 0 Å². The Morgan fingerprint density at radius 3 is 1.67 bits per heavy atom. The van der Waals surface area contributed by atoms with Crippen molar-refractivity contribution in [3.05, 3.63) is 35.9 Å². The van der Waals surface area contributed by atoms with E-state index in [0.717, 1.165) is 11.0 Å². The summed E-state index contributed by atoms with van der Waals surface area (Å²) >= 11 is 0. The molecule has 3 heteroatoms. The summed E-state index contributed by atoms with van der Waals surface area (Å²) in [6, 6.07) is 10.9. The fourth-order valence-electron chi connectivity index (χ4n) is 3.18. The Bertz CT molecular complexity index is 367. The predicted octanol–water partition coefficient (Wildman–Crippen LogP) is 6.60. The van der Waals surface area contributed by atoms with Crippen molar-refractivity contribution < 1.29 is 26.9 Å². The maximum absolute atomic E-state index is 2.36. The molecule has 1 radical (unpaired) electrons. The molecule has 0 aliphatic heterocycles. The number of benzene rings is 1. The molecule has 0 saturated heterocycles. The van der Waals surface area contributed by atoms with Crippen LogP contribution in [0.4, 0.5) is 0 Å². The van der Waals surface area contributed by atoms with Crippen molar-refractivity contribution in [1.29, 1.82) is 0 Å². The minimum atomic E-state index is 0. The molecule has 0 N–H and O–H groups in total. The first-order valence-electron chi connectivity index (χ1n) is 9.50. The smallest absolute Gasteiger partial charge is 0.325 e. The van der Waals surface area contributed by atoms with Crippen LogP contribution in [0.5, 0.6) is 0 Å². The average molecular weight is 449 g/mol. The zero-order valence-corrected chi connectivity index (χ0v) is 18.3. The van der Waals surface area contributed by atoms with Gasteiger partial charge in [-0.3, -0.25) is 0 Å². The second-order valence-electron chi connectivity index (χ2n) is 7.49. The minimum Gasteiger partial charge on any atom is -0.325 e. The molecule has 0 unspecified atom stereocenters. The van der Waals surface area contributed by atoms with Crippen molar-refractivity contribution in [2.24, 2.45) is 0 Å². The Balaban J connectivity index is 0. The molecule has 0 atom stereocenters. The van der Waals surface area contributed by atoms with Crippen molar-refractivity contribution in [2.75, 3.05) is 20.6 Å². The van der Waals surface area contributed by atoms with Gasteiger partial charge in [0.25, 0.3) is 0 Å². The molecule has 0 spiro atoms. The summed E-state index contributed by atoms with van der Waals surface area (Å²) < 4.78 is 1.11. The van der Waals surface area contributed by atoms with Gasteiger partial charge in [-0.1, -0.05) is 88.6 Å². The van der Waals surface area contributed by atoms with E-state index in [-0.39, 0.29) is 34.8 Å². The molecule has 0 aliphatic carbocycles. The number of hydrogen-bond donors (Lipinski definition) is 0. The van der Waals surface area contributed by atoms with Gasteiger partial charge in [-0.05, 0) is 12.8 Å². The van der Waals surface area contributed by atoms with E-state index >= 15 is 0 Å². The van der Waals surface area contributed by atoms with Crippen LogP contribution in [0.3, 0.4) is 0 Å². The summed E-state index contributed by atoms with van der Waals surface area (Å²) in [5.74, 6) is 0. The fraction of sp³-hybridized carbons (Fsp3) is 0.714. The molecule has 1 rings (SSSR count). The summed E-state index contributed by atoms with van der Waals surface area (Å²) in [6.45, 7) is 4.74. The van der Waals surface area contributed by atoms with Gasteiger partial charge in [0.05, 0.1) is 20.6 Å². The monoisotopic (exact) mass is 447 g/mol. The van der Waals surface area contributed by atoms with Gasteiger partial charge in [0.2, 0.25) is 0 Å². The summed E-state index contributed by atoms with van der Waals surface area (Å²) in [5.41, 5.74) is 1.46. The molecular formula is C21H39AgClN+3. The number of nitrogens with zero attached hydrogens (tertiary/aromatic N) is 1. The van der Waals surface area contributed by atoms with Crippen LogP contribution in [-0.2, 0) is 28.9 Å². The van der Waals surface area contributed by atoms with Gasteiger partial charge in [-0.15, -0.1) is 12.4 Å². The Labute approximate surface area is 173 Å². The van der Waals surface area contributed by atoms with Crippen LogP contribution in [0, 0.1) is 0 Å². The third-order valence-electron chi connectivity index (χ3n) is 4.57. The van der Waals surface area contributed by atoms with Gasteiger partial charge >= 0.3 is 22.4 Å². The second kappa shape index (κ2) is 16.7. The first-order chi connectivity index (χ1) is 10.6. The number of rotatable bonds is 13. The summed E-state index contributed by atoms with van der Waals surface area (Å²) in [4.78, 5) is 0. The van der Waals surface area contributed by atoms with E-state index in [0.29, 0.717) is 0 Å². The fourth-order valence-corrected chi connectivity index (χ4v) is 3.18. The van der Waals surface area contributed by atoms with Crippen LogP contribution in [0.25, 0.3) is 0 Å². The van der Waals surface area contributed by atoms with Gasteiger partial charge < -0.3 is 4.48 Å². The Hall–Kier alpha value is 0.210. The number of quaternary nitrogens is 1. The Kier molecular flexibility index (Phi) is 18.4. The molecule has 143 valence electrons. The molecule has 24 heavy (non-hydrogen) atoms. The van der Waals surface area contributed by atoms with E-state index in [4.69, 9.17) is 0 Å². The number of unbranched alkanes of at least 4 members (excludes halogenated alkanes) is 9. The number of halogens is 1. The van der Waals surface area contributed by atoms with Crippen LogP contribution in [0.15, 0.2) is 30.3 Å². The normalized spacial score (nSPS) is 10.8. The number of hydrogen-bond acceptors (Lipinski definition) is 0. The maximum Gasteiger partial charge on any atom is 2.00 e. The zero-order chi connectivity index (χ0) is 16.1. The van der Waals surface area contributed by atoms with Crippen molar-refractivity contribution >= 4 is 12.4 Å². The average Bonchev–Trinajstić information content (AvgIpc) is 2.49. The van der Waals surface area contributed by atoms with Gasteiger partial charge in [0, 0.05) is 5.56 Å². The topological polar surface area (TPSA) is 0 Å². The van der Waals surface area contributed by atoms with E-state index in [2.05, 4.69) is 51.4 Å². The largest absolute Gasteiger partial charge is 2.00 e. The van der Waals surface area contributed by atoms with Crippen molar-refractivity contribution in [1.82, 2.24) is 0 Å². The minimum absolute atomic E-state index is 0. The van der Waals surface area contributed by atoms with Gasteiger partial charge in [0.15, 0.2) is 0 Å². The molecule has 0 aliphatic rings. The molecule has 0 amide bonds. The van der Waals surface area contributed by atoms with Crippen molar-refractivity contribution in [2.45, 2.75) is 77.7 Å². The van der Waals surface area contributed by atoms with Gasteiger partial charge in [-0.2, -0.15) is 0 Å². The zero-order valence-electron chi connectivity index (χ0n) is 16.0. The maximum atomic E-state index is 2.36. The third-order valence-corrected chi connectivity index (χ3v) is 4.57. The molecule has 0 bridgehead atoms. The summed E-state index contributed by atoms with van der Waals surface area (Å²) in [7, 11) is 4.72. The Morgan fingerprint density at radius 1 is 0.708 bits per heavy atom. The second-order valence-corrected chi connectivity index (χ2v) is 7.49. The molecule has 1 nitrogen and oxygen atoms in total. The SMILES string of the molecule is CCCCCCCCCCCC[N+](C)(C)Cc1ccccc1.Cl.[Ag+2]. The van der Waals surface area contributed by atoms with Gasteiger partial charge in [0.1, 0.15) is 6.54 Å². The van der Waals surface area contributed by atoms with E-state index in [1.165, 1.54) is 76.3 Å². The quantitative estimate of drug-likeness (QED) is 0.181. The molecule has 0 saturated carbocycles. The van der Waals surface area contributed by atoms with Crippen molar-refractivity contribution in [3.63, 3.8) is 0 Å². The first kappa shape index (κ1) is 26.4. The van der Waals surface area contributed by atoms with E-state index in [1.807, 2.05) is 0 Å². The van der Waals surface area contributed by atoms with E-state index in [1.54, 1.807) is 0 Å². The van der Waals surface area contributed by atoms with Crippen LogP contribution in [-0.4, -0.2) is 25.1 Å². The summed E-state index contributed by atoms with van der Waals surface area (Å²) in [5, 5.41) is 0. The van der Waals surface area contributed by atoms with Crippen LogP contribution < -0.4 is 0 Å². The Morgan fingerprint density at radius 2 is 1.17 bits per heavy atom. The van der Waals surface area contributed by atoms with Crippen molar-refractivity contribution in [3.8, 4) is 0 Å². The predicted molar refractivity (Wildman–Crippen MR) is 106 cm³/mol. The van der Waals surface area contributed by atoms with E-state index < -0.39 is 0 Å². The third kappa shape index (κ3) is 14.5. The summed E-state index contributed by atoms with van der Waals surface area (Å²) in [6.07, 6.45) is 14.2. The van der Waals surface area contributed by atoms with Crippen LogP contribution in [0.1, 0.15) is 76.7 Å². The molecule has 1 aromatic carbocycles. The molecule has 1 aromatic rings. The first-order valence-corrected chi connectivity index (χ1v) is 9.50. The van der Waals surface area contributed by atoms with E-state index in [9.17, 15) is 0 Å². The standard InChI is InChI=1S/C21H38N.Ag.ClH/c1-4-5-6-7-8-9-10-11-12-16-19-22(2,3)20-21-17-14-13-15-18-21;;/h13-15,17-18H,4-12,16,19-20H2,1-3H3;;1H/q+1;+2;.